The summed E-state index contributed by atoms with van der Waals surface area (Å²) in [5, 5.41) is 4.47. The van der Waals surface area contributed by atoms with Gasteiger partial charge >= 0.3 is 0 Å². The molecule has 0 aliphatic heterocycles. The number of anilines is 1. The fraction of sp³-hybridized carbons (Fsp3) is 0.455. The maximum Gasteiger partial charge on any atom is 0.274 e. The zero-order valence-electron chi connectivity index (χ0n) is 10.5. The van der Waals surface area contributed by atoms with Crippen LogP contribution in [0.3, 0.4) is 0 Å². The zero-order valence-corrected chi connectivity index (χ0v) is 12.1. The Labute approximate surface area is 114 Å². The van der Waals surface area contributed by atoms with Gasteiger partial charge in [-0.1, -0.05) is 5.16 Å². The highest BCUT2D eigenvalue weighted by Gasteiger charge is 2.31. The molecule has 0 saturated heterocycles. The number of sulfonamides is 1. The molecule has 1 fully saturated rings. The quantitative estimate of drug-likeness (QED) is 0.937. The number of thiazole rings is 1. The fourth-order valence-electron chi connectivity index (χ4n) is 1.94. The number of hydrogen-bond acceptors (Lipinski definition) is 6. The minimum atomic E-state index is -3.64. The molecule has 0 bridgehead atoms. The smallest absolute Gasteiger partial charge is 0.274 e. The molecule has 1 aliphatic carbocycles. The normalized spacial score (nSPS) is 15.7. The van der Waals surface area contributed by atoms with Crippen LogP contribution < -0.4 is 4.72 Å². The number of rotatable bonds is 4. The van der Waals surface area contributed by atoms with Crippen LogP contribution in [0.4, 0.5) is 5.82 Å². The number of aromatic nitrogens is 2. The van der Waals surface area contributed by atoms with Crippen LogP contribution >= 0.6 is 11.3 Å². The molecule has 0 aromatic carbocycles. The second-order valence-corrected chi connectivity index (χ2v) is 7.68. The van der Waals surface area contributed by atoms with Crippen molar-refractivity contribution in [2.24, 2.45) is 0 Å². The molecule has 1 N–H and O–H groups in total. The molecule has 19 heavy (non-hydrogen) atoms. The molecule has 102 valence electrons. The van der Waals surface area contributed by atoms with Crippen LogP contribution in [0.2, 0.25) is 0 Å². The summed E-state index contributed by atoms with van der Waals surface area (Å²) in [6.45, 7) is 3.46. The van der Waals surface area contributed by atoms with E-state index in [-0.39, 0.29) is 4.21 Å². The predicted molar refractivity (Wildman–Crippen MR) is 70.9 cm³/mol. The maximum absolute atomic E-state index is 12.3. The summed E-state index contributed by atoms with van der Waals surface area (Å²) >= 11 is 1.15. The summed E-state index contributed by atoms with van der Waals surface area (Å²) in [6.07, 6.45) is 3.61. The van der Waals surface area contributed by atoms with Crippen molar-refractivity contribution in [3.63, 3.8) is 0 Å². The second kappa shape index (κ2) is 4.31. The minimum absolute atomic E-state index is 0.231. The van der Waals surface area contributed by atoms with E-state index in [9.17, 15) is 8.42 Å². The Kier molecular flexibility index (Phi) is 2.86. The van der Waals surface area contributed by atoms with Crippen molar-refractivity contribution in [2.75, 3.05) is 4.72 Å². The highest BCUT2D eigenvalue weighted by Crippen LogP contribution is 2.43. The van der Waals surface area contributed by atoms with Gasteiger partial charge in [-0.25, -0.2) is 13.4 Å². The largest absolute Gasteiger partial charge is 0.362 e. The van der Waals surface area contributed by atoms with E-state index >= 15 is 0 Å². The van der Waals surface area contributed by atoms with Crippen LogP contribution in [0.1, 0.15) is 35.0 Å². The lowest BCUT2D eigenvalue weighted by Gasteiger charge is -2.04. The molecule has 1 aliphatic rings. The second-order valence-electron chi connectivity index (χ2n) is 4.60. The van der Waals surface area contributed by atoms with E-state index in [1.165, 1.54) is 6.26 Å². The molecule has 0 radical (unpaired) electrons. The summed E-state index contributed by atoms with van der Waals surface area (Å²) in [5.41, 5.74) is 1.34. The lowest BCUT2D eigenvalue weighted by Crippen LogP contribution is -2.14. The highest BCUT2D eigenvalue weighted by molar-refractivity contribution is 7.94. The third kappa shape index (κ3) is 2.37. The van der Waals surface area contributed by atoms with Crippen molar-refractivity contribution in [3.05, 3.63) is 22.5 Å². The van der Waals surface area contributed by atoms with Gasteiger partial charge in [0.25, 0.3) is 10.0 Å². The molecule has 0 atom stereocenters. The Balaban J connectivity index is 1.93. The van der Waals surface area contributed by atoms with Crippen molar-refractivity contribution < 1.29 is 12.9 Å². The van der Waals surface area contributed by atoms with Gasteiger partial charge in [0.1, 0.15) is 6.26 Å². The Morgan fingerprint density at radius 3 is 2.74 bits per heavy atom. The molecule has 0 unspecified atom stereocenters. The molecule has 3 rings (SSSR count). The minimum Gasteiger partial charge on any atom is -0.362 e. The summed E-state index contributed by atoms with van der Waals surface area (Å²) in [6, 6.07) is 0. The molecule has 0 spiro atoms. The Bertz CT molecular complexity index is 713. The maximum atomic E-state index is 12.3. The van der Waals surface area contributed by atoms with Crippen molar-refractivity contribution in [3.8, 4) is 0 Å². The van der Waals surface area contributed by atoms with Crippen LogP contribution in [0.25, 0.3) is 0 Å². The number of hydrogen-bond donors (Lipinski definition) is 1. The topological polar surface area (TPSA) is 85.1 Å². The van der Waals surface area contributed by atoms with Gasteiger partial charge in [0.2, 0.25) is 0 Å². The van der Waals surface area contributed by atoms with E-state index in [2.05, 4.69) is 14.9 Å². The molecule has 2 heterocycles. The van der Waals surface area contributed by atoms with E-state index in [1.807, 2.05) is 0 Å². The highest BCUT2D eigenvalue weighted by atomic mass is 32.2. The molecule has 6 nitrogen and oxygen atoms in total. The molecule has 8 heteroatoms. The van der Waals surface area contributed by atoms with Gasteiger partial charge in [0.05, 0.1) is 10.7 Å². The van der Waals surface area contributed by atoms with Gasteiger partial charge < -0.3 is 4.52 Å². The van der Waals surface area contributed by atoms with Crippen LogP contribution in [0.15, 0.2) is 15.0 Å². The fourth-order valence-corrected chi connectivity index (χ4v) is 4.45. The van der Waals surface area contributed by atoms with Gasteiger partial charge in [0, 0.05) is 5.56 Å². The van der Waals surface area contributed by atoms with Crippen molar-refractivity contribution in [1.82, 2.24) is 10.1 Å². The lowest BCUT2D eigenvalue weighted by molar-refractivity contribution is 0.422. The van der Waals surface area contributed by atoms with Crippen molar-refractivity contribution in [2.45, 2.75) is 36.8 Å². The molecule has 2 aromatic heterocycles. The number of nitrogens with zero attached hydrogens (tertiary/aromatic N) is 2. The summed E-state index contributed by atoms with van der Waals surface area (Å²) < 4.78 is 32.2. The van der Waals surface area contributed by atoms with Gasteiger partial charge in [0.15, 0.2) is 10.0 Å². The number of aryl methyl sites for hydroxylation is 2. The Hall–Kier alpha value is -1.41. The van der Waals surface area contributed by atoms with Gasteiger partial charge in [-0.3, -0.25) is 4.72 Å². The van der Waals surface area contributed by atoms with E-state index in [0.717, 1.165) is 34.7 Å². The van der Waals surface area contributed by atoms with Gasteiger partial charge in [-0.15, -0.1) is 11.3 Å². The SMILES string of the molecule is Cc1nc(C)c(S(=O)(=O)Nc2nocc2C2CC2)s1. The third-order valence-corrected chi connectivity index (χ3v) is 5.97. The average molecular weight is 299 g/mol. The first-order valence-electron chi connectivity index (χ1n) is 5.88. The van der Waals surface area contributed by atoms with E-state index < -0.39 is 10.0 Å². The Morgan fingerprint density at radius 2 is 2.16 bits per heavy atom. The van der Waals surface area contributed by atoms with E-state index in [1.54, 1.807) is 13.8 Å². The van der Waals surface area contributed by atoms with Gasteiger partial charge in [-0.2, -0.15) is 0 Å². The van der Waals surface area contributed by atoms with E-state index in [0.29, 0.717) is 17.4 Å². The molecular formula is C11H13N3O3S2. The average Bonchev–Trinajstić information content (AvgIpc) is 2.97. The zero-order chi connectivity index (χ0) is 13.6. The van der Waals surface area contributed by atoms with Crippen molar-refractivity contribution >= 4 is 27.2 Å². The van der Waals surface area contributed by atoms with Gasteiger partial charge in [-0.05, 0) is 32.6 Å². The molecule has 0 amide bonds. The first-order valence-corrected chi connectivity index (χ1v) is 8.18. The standard InChI is InChI=1S/C11H13N3O3S2/c1-6-11(18-7(2)12-6)19(15,16)14-10-9(5-17-13-10)8-3-4-8/h5,8H,3-4H2,1-2H3,(H,13,14). The van der Waals surface area contributed by atoms with E-state index in [4.69, 9.17) is 4.52 Å². The molecular weight excluding hydrogens is 286 g/mol. The first-order chi connectivity index (χ1) is 8.97. The first kappa shape index (κ1) is 12.6. The lowest BCUT2D eigenvalue weighted by atomic mass is 10.2. The number of nitrogens with one attached hydrogen (secondary N) is 1. The summed E-state index contributed by atoms with van der Waals surface area (Å²) in [5.74, 6) is 0.668. The van der Waals surface area contributed by atoms with Crippen LogP contribution in [-0.2, 0) is 10.0 Å². The van der Waals surface area contributed by atoms with Crippen molar-refractivity contribution in [1.29, 1.82) is 0 Å². The predicted octanol–water partition coefficient (Wildman–Crippen LogP) is 2.43. The molecule has 1 saturated carbocycles. The monoisotopic (exact) mass is 299 g/mol. The van der Waals surface area contributed by atoms with Crippen LogP contribution in [0.5, 0.6) is 0 Å². The Morgan fingerprint density at radius 1 is 1.42 bits per heavy atom. The summed E-state index contributed by atoms with van der Waals surface area (Å²) in [7, 11) is -3.64. The van der Waals surface area contributed by atoms with Crippen LogP contribution in [0, 0.1) is 13.8 Å². The summed E-state index contributed by atoms with van der Waals surface area (Å²) in [4.78, 5) is 4.13. The van der Waals surface area contributed by atoms with Crippen LogP contribution in [-0.4, -0.2) is 18.6 Å². The molecule has 2 aromatic rings. The third-order valence-electron chi connectivity index (χ3n) is 2.95.